The van der Waals surface area contributed by atoms with Crippen LogP contribution >= 0.6 is 0 Å². The molecule has 0 spiro atoms. The van der Waals surface area contributed by atoms with Gasteiger partial charge < -0.3 is 14.8 Å². The number of nitrogens with one attached hydrogen (secondary N) is 1. The van der Waals surface area contributed by atoms with Gasteiger partial charge in [0.05, 0.1) is 53.2 Å². The van der Waals surface area contributed by atoms with Crippen molar-refractivity contribution < 1.29 is 23.9 Å². The van der Waals surface area contributed by atoms with Gasteiger partial charge in [-0.1, -0.05) is 26.0 Å². The molecule has 8 nitrogen and oxygen atoms in total. The molecule has 174 valence electrons. The molecule has 1 amide bonds. The summed E-state index contributed by atoms with van der Waals surface area (Å²) in [4.78, 5) is 48.2. The number of methoxy groups -OCH3 is 2. The van der Waals surface area contributed by atoms with Gasteiger partial charge in [-0.3, -0.25) is 4.79 Å². The van der Waals surface area contributed by atoms with Gasteiger partial charge in [-0.15, -0.1) is 0 Å². The van der Waals surface area contributed by atoms with Gasteiger partial charge in [-0.05, 0) is 48.6 Å². The molecule has 1 fully saturated rings. The minimum Gasteiger partial charge on any atom is -0.465 e. The molecule has 0 aliphatic heterocycles. The van der Waals surface area contributed by atoms with Crippen molar-refractivity contribution in [3.05, 3.63) is 65.0 Å². The van der Waals surface area contributed by atoms with Gasteiger partial charge in [0.25, 0.3) is 0 Å². The number of hydrogen-bond acceptors (Lipinski definition) is 7. The summed E-state index contributed by atoms with van der Waals surface area (Å²) in [6, 6.07) is 12.0. The second-order valence-corrected chi connectivity index (χ2v) is 9.40. The van der Waals surface area contributed by atoms with Crippen LogP contribution in [0.3, 0.4) is 0 Å². The lowest BCUT2D eigenvalue weighted by Crippen LogP contribution is -2.46. The molecule has 1 aromatic heterocycles. The Balaban J connectivity index is 1.60. The number of fused-ring (bicyclic) bond motifs is 6. The van der Waals surface area contributed by atoms with Crippen LogP contribution in [0, 0.1) is 5.41 Å². The Kier molecular flexibility index (Phi) is 4.93. The molecule has 3 aromatic rings. The van der Waals surface area contributed by atoms with Crippen molar-refractivity contribution in [3.8, 4) is 0 Å². The molecule has 34 heavy (non-hydrogen) atoms. The number of aromatic nitrogens is 2. The zero-order valence-corrected chi connectivity index (χ0v) is 19.5. The molecule has 1 heterocycles. The monoisotopic (exact) mass is 459 g/mol. The highest BCUT2D eigenvalue weighted by molar-refractivity contribution is 6.04. The van der Waals surface area contributed by atoms with E-state index in [1.165, 1.54) is 32.4 Å². The van der Waals surface area contributed by atoms with Crippen molar-refractivity contribution in [1.29, 1.82) is 0 Å². The molecular weight excluding hydrogens is 434 g/mol. The highest BCUT2D eigenvalue weighted by atomic mass is 16.5. The predicted octanol–water partition coefficient (Wildman–Crippen LogP) is 4.00. The SMILES string of the molecule is COC(=O)c1cc(NC(=O)C23CCC(c4nc5ccccc5nc42)C3(C)C)cc(C(=O)OC)c1. The zero-order chi connectivity index (χ0) is 24.3. The molecule has 2 bridgehead atoms. The number of rotatable bonds is 4. The van der Waals surface area contributed by atoms with E-state index in [4.69, 9.17) is 19.4 Å². The first-order valence-corrected chi connectivity index (χ1v) is 11.1. The molecule has 2 aromatic carbocycles. The van der Waals surface area contributed by atoms with E-state index in [0.29, 0.717) is 17.8 Å². The molecule has 2 aliphatic rings. The van der Waals surface area contributed by atoms with Gasteiger partial charge in [0, 0.05) is 11.6 Å². The van der Waals surface area contributed by atoms with Gasteiger partial charge in [-0.25, -0.2) is 19.6 Å². The average Bonchev–Trinajstić information content (AvgIpc) is 3.22. The van der Waals surface area contributed by atoms with Crippen LogP contribution in [-0.4, -0.2) is 42.0 Å². The van der Waals surface area contributed by atoms with E-state index in [1.807, 2.05) is 24.3 Å². The summed E-state index contributed by atoms with van der Waals surface area (Å²) < 4.78 is 9.62. The van der Waals surface area contributed by atoms with E-state index in [0.717, 1.165) is 23.1 Å². The molecule has 5 rings (SSSR count). The standard InChI is InChI=1S/C26H25N3O5/c1-25(2)17-9-10-26(25,21-20(17)28-18-7-5-6-8-19(18)29-21)24(32)27-16-12-14(22(30)33-3)11-15(13-16)23(31)34-4/h5-8,11-13,17H,9-10H2,1-4H3,(H,27,32). The van der Waals surface area contributed by atoms with E-state index in [9.17, 15) is 14.4 Å². The van der Waals surface area contributed by atoms with Crippen LogP contribution in [0.4, 0.5) is 5.69 Å². The Bertz CT molecular complexity index is 1330. The third-order valence-electron chi connectivity index (χ3n) is 7.53. The van der Waals surface area contributed by atoms with Crippen molar-refractivity contribution in [2.24, 2.45) is 5.41 Å². The maximum Gasteiger partial charge on any atom is 0.337 e. The third-order valence-corrected chi connectivity index (χ3v) is 7.53. The van der Waals surface area contributed by atoms with Crippen molar-refractivity contribution >= 4 is 34.6 Å². The number of esters is 2. The molecule has 0 saturated heterocycles. The fraction of sp³-hybridized carbons (Fsp3) is 0.346. The summed E-state index contributed by atoms with van der Waals surface area (Å²) >= 11 is 0. The summed E-state index contributed by atoms with van der Waals surface area (Å²) in [6.07, 6.45) is 1.47. The Morgan fingerprint density at radius 1 is 0.941 bits per heavy atom. The minimum absolute atomic E-state index is 0.109. The molecule has 1 N–H and O–H groups in total. The van der Waals surface area contributed by atoms with E-state index in [-0.39, 0.29) is 23.0 Å². The molecule has 1 saturated carbocycles. The topological polar surface area (TPSA) is 107 Å². The number of benzene rings is 2. The lowest BCUT2D eigenvalue weighted by molar-refractivity contribution is -0.124. The maximum absolute atomic E-state index is 14.0. The number of nitrogens with zero attached hydrogens (tertiary/aromatic N) is 2. The van der Waals surface area contributed by atoms with Crippen LogP contribution in [0.1, 0.15) is 64.7 Å². The molecule has 0 radical (unpaired) electrons. The normalized spacial score (nSPS) is 21.7. The Morgan fingerprint density at radius 2 is 1.53 bits per heavy atom. The fourth-order valence-corrected chi connectivity index (χ4v) is 5.74. The summed E-state index contributed by atoms with van der Waals surface area (Å²) in [5.74, 6) is -1.37. The Labute approximate surface area is 196 Å². The lowest BCUT2D eigenvalue weighted by Gasteiger charge is -2.36. The van der Waals surface area contributed by atoms with Crippen LogP contribution in [-0.2, 0) is 19.7 Å². The number of amides is 1. The minimum atomic E-state index is -0.892. The van der Waals surface area contributed by atoms with Crippen LogP contribution in [0.2, 0.25) is 0 Å². The first-order chi connectivity index (χ1) is 16.2. The van der Waals surface area contributed by atoms with E-state index < -0.39 is 22.8 Å². The van der Waals surface area contributed by atoms with Crippen molar-refractivity contribution in [3.63, 3.8) is 0 Å². The van der Waals surface area contributed by atoms with Crippen molar-refractivity contribution in [2.75, 3.05) is 19.5 Å². The first kappa shape index (κ1) is 22.0. The van der Waals surface area contributed by atoms with E-state index in [1.54, 1.807) is 0 Å². The maximum atomic E-state index is 14.0. The number of anilines is 1. The van der Waals surface area contributed by atoms with Crippen molar-refractivity contribution in [1.82, 2.24) is 9.97 Å². The van der Waals surface area contributed by atoms with E-state index in [2.05, 4.69) is 19.2 Å². The number of para-hydroxylation sites is 2. The summed E-state index contributed by atoms with van der Waals surface area (Å²) in [7, 11) is 2.51. The summed E-state index contributed by atoms with van der Waals surface area (Å²) in [5.41, 5.74) is 2.43. The zero-order valence-electron chi connectivity index (χ0n) is 19.5. The smallest absolute Gasteiger partial charge is 0.337 e. The highest BCUT2D eigenvalue weighted by Gasteiger charge is 2.67. The van der Waals surface area contributed by atoms with Crippen LogP contribution in [0.25, 0.3) is 11.0 Å². The fourth-order valence-electron chi connectivity index (χ4n) is 5.74. The number of carbonyl (C=O) groups excluding carboxylic acids is 3. The molecule has 8 heteroatoms. The Morgan fingerprint density at radius 3 is 2.12 bits per heavy atom. The largest absolute Gasteiger partial charge is 0.465 e. The number of ether oxygens (including phenoxy) is 2. The summed E-state index contributed by atoms with van der Waals surface area (Å²) in [5, 5.41) is 2.96. The van der Waals surface area contributed by atoms with Gasteiger partial charge in [-0.2, -0.15) is 0 Å². The predicted molar refractivity (Wildman–Crippen MR) is 125 cm³/mol. The second-order valence-electron chi connectivity index (χ2n) is 9.40. The van der Waals surface area contributed by atoms with Gasteiger partial charge in [0.2, 0.25) is 5.91 Å². The van der Waals surface area contributed by atoms with Crippen LogP contribution < -0.4 is 5.32 Å². The molecule has 2 aliphatic carbocycles. The molecule has 2 atom stereocenters. The van der Waals surface area contributed by atoms with Crippen LogP contribution in [0.15, 0.2) is 42.5 Å². The number of carbonyl (C=O) groups is 3. The third kappa shape index (κ3) is 2.94. The van der Waals surface area contributed by atoms with Gasteiger partial charge in [0.15, 0.2) is 0 Å². The molecule has 2 unspecified atom stereocenters. The van der Waals surface area contributed by atoms with Crippen molar-refractivity contribution in [2.45, 2.75) is 38.0 Å². The molecular formula is C26H25N3O5. The first-order valence-electron chi connectivity index (χ1n) is 11.1. The average molecular weight is 460 g/mol. The van der Waals surface area contributed by atoms with E-state index >= 15 is 0 Å². The summed E-state index contributed by atoms with van der Waals surface area (Å²) in [6.45, 7) is 4.17. The lowest BCUT2D eigenvalue weighted by atomic mass is 9.67. The second kappa shape index (κ2) is 7.62. The van der Waals surface area contributed by atoms with Crippen LogP contribution in [0.5, 0.6) is 0 Å². The quantitative estimate of drug-likeness (QED) is 0.588. The van der Waals surface area contributed by atoms with Gasteiger partial charge >= 0.3 is 11.9 Å². The Hall–Kier alpha value is -3.81. The highest BCUT2D eigenvalue weighted by Crippen LogP contribution is 2.67. The van der Waals surface area contributed by atoms with Gasteiger partial charge in [0.1, 0.15) is 0 Å². The number of hydrogen-bond donors (Lipinski definition) is 1.